The van der Waals surface area contributed by atoms with Gasteiger partial charge in [0, 0.05) is 39.3 Å². The van der Waals surface area contributed by atoms with E-state index in [0.29, 0.717) is 44.0 Å². The van der Waals surface area contributed by atoms with Crippen LogP contribution in [-0.2, 0) is 19.6 Å². The van der Waals surface area contributed by atoms with Gasteiger partial charge in [0.25, 0.3) is 0 Å². The van der Waals surface area contributed by atoms with E-state index in [-0.39, 0.29) is 11.8 Å². The van der Waals surface area contributed by atoms with Gasteiger partial charge in [-0.1, -0.05) is 17.7 Å². The smallest absolute Gasteiger partial charge is 0.243 e. The second kappa shape index (κ2) is 8.78. The summed E-state index contributed by atoms with van der Waals surface area (Å²) >= 11 is 0. The lowest BCUT2D eigenvalue weighted by Gasteiger charge is -2.31. The van der Waals surface area contributed by atoms with Crippen LogP contribution in [-0.4, -0.2) is 52.0 Å². The standard InChI is InChI=1S/C18H28N2O4S/c1-14-5-6-17(15(2)13-14)25(22,23)20-10-7-16(8-11-20)18(21)19-9-4-12-24-3/h5-6,13,16H,4,7-12H2,1-3H3,(H,19,21). The number of methoxy groups -OCH3 is 1. The second-order valence-corrected chi connectivity index (χ2v) is 8.49. The fourth-order valence-corrected chi connectivity index (χ4v) is 4.83. The highest BCUT2D eigenvalue weighted by Crippen LogP contribution is 2.26. The normalized spacial score (nSPS) is 16.8. The van der Waals surface area contributed by atoms with Gasteiger partial charge >= 0.3 is 0 Å². The monoisotopic (exact) mass is 368 g/mol. The third-order valence-electron chi connectivity index (χ3n) is 4.60. The van der Waals surface area contributed by atoms with Crippen molar-refractivity contribution in [2.75, 3.05) is 33.4 Å². The molecule has 25 heavy (non-hydrogen) atoms. The molecule has 1 aromatic carbocycles. The summed E-state index contributed by atoms with van der Waals surface area (Å²) in [5, 5.41) is 2.90. The minimum atomic E-state index is -3.50. The number of nitrogens with one attached hydrogen (secondary N) is 1. The quantitative estimate of drug-likeness (QED) is 0.746. The maximum atomic E-state index is 12.9. The number of ether oxygens (including phenoxy) is 1. The van der Waals surface area contributed by atoms with Gasteiger partial charge in [0.15, 0.2) is 0 Å². The molecule has 0 bridgehead atoms. The number of amides is 1. The molecule has 0 unspecified atom stereocenters. The molecule has 1 N–H and O–H groups in total. The van der Waals surface area contributed by atoms with Crippen LogP contribution in [0.1, 0.15) is 30.4 Å². The zero-order valence-electron chi connectivity index (χ0n) is 15.2. The topological polar surface area (TPSA) is 75.7 Å². The first-order valence-electron chi connectivity index (χ1n) is 8.70. The molecule has 0 aromatic heterocycles. The van der Waals surface area contributed by atoms with Crippen LogP contribution in [0.3, 0.4) is 0 Å². The Bertz CT molecular complexity index is 695. The van der Waals surface area contributed by atoms with Crippen molar-refractivity contribution in [3.05, 3.63) is 29.3 Å². The molecule has 1 aliphatic rings. The number of nitrogens with zero attached hydrogens (tertiary/aromatic N) is 1. The Labute approximate surface area is 150 Å². The van der Waals surface area contributed by atoms with Crippen LogP contribution in [0.15, 0.2) is 23.1 Å². The first kappa shape index (κ1) is 19.9. The van der Waals surface area contributed by atoms with E-state index >= 15 is 0 Å². The molecule has 1 aliphatic heterocycles. The highest BCUT2D eigenvalue weighted by Gasteiger charge is 2.32. The molecule has 0 spiro atoms. The minimum absolute atomic E-state index is 0.0136. The van der Waals surface area contributed by atoms with Crippen LogP contribution < -0.4 is 5.32 Å². The molecular weight excluding hydrogens is 340 g/mol. The number of sulfonamides is 1. The van der Waals surface area contributed by atoms with E-state index in [1.54, 1.807) is 13.2 Å². The molecule has 0 atom stereocenters. The molecule has 1 amide bonds. The molecule has 0 saturated carbocycles. The Kier molecular flexibility index (Phi) is 6.98. The fourth-order valence-electron chi connectivity index (χ4n) is 3.16. The highest BCUT2D eigenvalue weighted by atomic mass is 32.2. The van der Waals surface area contributed by atoms with Gasteiger partial charge in [-0.3, -0.25) is 4.79 Å². The van der Waals surface area contributed by atoms with Crippen molar-refractivity contribution in [2.24, 2.45) is 5.92 Å². The predicted octanol–water partition coefficient (Wildman–Crippen LogP) is 1.86. The first-order valence-corrected chi connectivity index (χ1v) is 10.1. The van der Waals surface area contributed by atoms with Crippen molar-refractivity contribution in [3.63, 3.8) is 0 Å². The number of carbonyl (C=O) groups is 1. The van der Waals surface area contributed by atoms with Gasteiger partial charge in [-0.05, 0) is 44.7 Å². The van der Waals surface area contributed by atoms with E-state index in [0.717, 1.165) is 17.5 Å². The van der Waals surface area contributed by atoms with Crippen LogP contribution >= 0.6 is 0 Å². The number of hydrogen-bond acceptors (Lipinski definition) is 4. The van der Waals surface area contributed by atoms with Crippen LogP contribution in [0.25, 0.3) is 0 Å². The molecule has 1 fully saturated rings. The van der Waals surface area contributed by atoms with Gasteiger partial charge in [-0.2, -0.15) is 4.31 Å². The Hall–Kier alpha value is -1.44. The van der Waals surface area contributed by atoms with Crippen LogP contribution in [0, 0.1) is 19.8 Å². The maximum absolute atomic E-state index is 12.9. The highest BCUT2D eigenvalue weighted by molar-refractivity contribution is 7.89. The van der Waals surface area contributed by atoms with E-state index in [2.05, 4.69) is 5.32 Å². The summed E-state index contributed by atoms with van der Waals surface area (Å²) in [5.41, 5.74) is 1.80. The maximum Gasteiger partial charge on any atom is 0.243 e. The molecule has 0 radical (unpaired) electrons. The van der Waals surface area contributed by atoms with Crippen molar-refractivity contribution in [1.82, 2.24) is 9.62 Å². The number of carbonyl (C=O) groups excluding carboxylic acids is 1. The van der Waals surface area contributed by atoms with Crippen molar-refractivity contribution < 1.29 is 17.9 Å². The Morgan fingerprint density at radius 2 is 1.96 bits per heavy atom. The summed E-state index contributed by atoms with van der Waals surface area (Å²) in [5.74, 6) is -0.104. The first-order chi connectivity index (χ1) is 11.9. The molecule has 1 saturated heterocycles. The van der Waals surface area contributed by atoms with E-state index in [1.165, 1.54) is 4.31 Å². The number of aryl methyl sites for hydroxylation is 2. The van der Waals surface area contributed by atoms with Gasteiger partial charge in [0.05, 0.1) is 4.90 Å². The van der Waals surface area contributed by atoms with Crippen molar-refractivity contribution >= 4 is 15.9 Å². The number of benzene rings is 1. The van der Waals surface area contributed by atoms with Gasteiger partial charge in [0.1, 0.15) is 0 Å². The summed E-state index contributed by atoms with van der Waals surface area (Å²) in [6, 6.07) is 5.38. The summed E-state index contributed by atoms with van der Waals surface area (Å²) < 4.78 is 32.2. The zero-order valence-corrected chi connectivity index (χ0v) is 16.1. The SMILES string of the molecule is COCCCNC(=O)C1CCN(S(=O)(=O)c2ccc(C)cc2C)CC1. The largest absolute Gasteiger partial charge is 0.385 e. The third-order valence-corrected chi connectivity index (χ3v) is 6.66. The van der Waals surface area contributed by atoms with Crippen molar-refractivity contribution in [2.45, 2.75) is 38.0 Å². The van der Waals surface area contributed by atoms with Gasteiger partial charge in [-0.25, -0.2) is 8.42 Å². The molecule has 0 aliphatic carbocycles. The van der Waals surface area contributed by atoms with Crippen LogP contribution in [0.4, 0.5) is 0 Å². The third kappa shape index (κ3) is 5.03. The van der Waals surface area contributed by atoms with Gasteiger partial charge in [0.2, 0.25) is 15.9 Å². The van der Waals surface area contributed by atoms with Crippen LogP contribution in [0.2, 0.25) is 0 Å². The summed E-state index contributed by atoms with van der Waals surface area (Å²) in [4.78, 5) is 12.5. The lowest BCUT2D eigenvalue weighted by Crippen LogP contribution is -2.43. The molecule has 1 heterocycles. The van der Waals surface area contributed by atoms with E-state index in [9.17, 15) is 13.2 Å². The molecule has 2 rings (SSSR count). The van der Waals surface area contributed by atoms with Crippen LogP contribution in [0.5, 0.6) is 0 Å². The van der Waals surface area contributed by atoms with E-state index < -0.39 is 10.0 Å². The minimum Gasteiger partial charge on any atom is -0.385 e. The summed E-state index contributed by atoms with van der Waals surface area (Å²) in [6.07, 6.45) is 1.89. The number of hydrogen-bond donors (Lipinski definition) is 1. The summed E-state index contributed by atoms with van der Waals surface area (Å²) in [7, 11) is -1.87. The molecule has 140 valence electrons. The zero-order chi connectivity index (χ0) is 18.4. The Morgan fingerprint density at radius 3 is 2.56 bits per heavy atom. The molecule has 7 heteroatoms. The number of rotatable bonds is 7. The average Bonchev–Trinajstić information content (AvgIpc) is 2.58. The Balaban J connectivity index is 1.93. The molecule has 6 nitrogen and oxygen atoms in total. The lowest BCUT2D eigenvalue weighted by atomic mass is 9.97. The molecule has 1 aromatic rings. The molecular formula is C18H28N2O4S. The number of piperidine rings is 1. The van der Waals surface area contributed by atoms with E-state index in [1.807, 2.05) is 26.0 Å². The average molecular weight is 368 g/mol. The van der Waals surface area contributed by atoms with Gasteiger partial charge in [-0.15, -0.1) is 0 Å². The van der Waals surface area contributed by atoms with E-state index in [4.69, 9.17) is 4.74 Å². The Morgan fingerprint density at radius 1 is 1.28 bits per heavy atom. The summed E-state index contributed by atoms with van der Waals surface area (Å²) in [6.45, 7) is 5.73. The fraction of sp³-hybridized carbons (Fsp3) is 0.611. The van der Waals surface area contributed by atoms with Crippen molar-refractivity contribution in [3.8, 4) is 0 Å². The van der Waals surface area contributed by atoms with Crippen molar-refractivity contribution in [1.29, 1.82) is 0 Å². The lowest BCUT2D eigenvalue weighted by molar-refractivity contribution is -0.126. The predicted molar refractivity (Wildman–Crippen MR) is 96.9 cm³/mol. The van der Waals surface area contributed by atoms with Gasteiger partial charge < -0.3 is 10.1 Å². The second-order valence-electron chi connectivity index (χ2n) is 6.58.